The van der Waals surface area contributed by atoms with Crippen LogP contribution in [0.15, 0.2) is 60.8 Å². The molecule has 0 spiro atoms. The van der Waals surface area contributed by atoms with Crippen molar-refractivity contribution in [2.75, 3.05) is 13.2 Å². The van der Waals surface area contributed by atoms with Crippen molar-refractivity contribution in [3.63, 3.8) is 0 Å². The SMILES string of the molecule is O=C(NCCCOc1cccc2cccnc12)c1cccc(Cl)c1. The summed E-state index contributed by atoms with van der Waals surface area (Å²) < 4.78 is 5.79. The van der Waals surface area contributed by atoms with Crippen LogP contribution in [0.25, 0.3) is 10.9 Å². The predicted molar refractivity (Wildman–Crippen MR) is 95.6 cm³/mol. The van der Waals surface area contributed by atoms with Gasteiger partial charge in [0.15, 0.2) is 0 Å². The van der Waals surface area contributed by atoms with Crippen LogP contribution in [0.2, 0.25) is 5.02 Å². The molecule has 2 aromatic carbocycles. The molecule has 122 valence electrons. The zero-order valence-corrected chi connectivity index (χ0v) is 13.8. The lowest BCUT2D eigenvalue weighted by Crippen LogP contribution is -2.25. The van der Waals surface area contributed by atoms with Crippen LogP contribution >= 0.6 is 11.6 Å². The van der Waals surface area contributed by atoms with Gasteiger partial charge in [-0.3, -0.25) is 9.78 Å². The van der Waals surface area contributed by atoms with E-state index in [0.29, 0.717) is 30.2 Å². The predicted octanol–water partition coefficient (Wildman–Crippen LogP) is 4.09. The minimum atomic E-state index is -0.135. The van der Waals surface area contributed by atoms with Gasteiger partial charge >= 0.3 is 0 Å². The highest BCUT2D eigenvalue weighted by Gasteiger charge is 2.05. The first-order valence-corrected chi connectivity index (χ1v) is 8.12. The number of hydrogen-bond donors (Lipinski definition) is 1. The largest absolute Gasteiger partial charge is 0.491 e. The number of carbonyl (C=O) groups excluding carboxylic acids is 1. The number of nitrogens with zero attached hydrogens (tertiary/aromatic N) is 1. The van der Waals surface area contributed by atoms with E-state index in [9.17, 15) is 4.79 Å². The lowest BCUT2D eigenvalue weighted by molar-refractivity contribution is 0.0951. The molecule has 0 saturated heterocycles. The molecule has 4 nitrogen and oxygen atoms in total. The monoisotopic (exact) mass is 340 g/mol. The Labute approximate surface area is 145 Å². The van der Waals surface area contributed by atoms with Crippen molar-refractivity contribution < 1.29 is 9.53 Å². The fourth-order valence-corrected chi connectivity index (χ4v) is 2.57. The van der Waals surface area contributed by atoms with Crippen molar-refractivity contribution in [3.8, 4) is 5.75 Å². The van der Waals surface area contributed by atoms with Crippen molar-refractivity contribution >= 4 is 28.4 Å². The van der Waals surface area contributed by atoms with Crippen LogP contribution in [0, 0.1) is 0 Å². The minimum Gasteiger partial charge on any atom is -0.491 e. The number of benzene rings is 2. The zero-order valence-electron chi connectivity index (χ0n) is 13.0. The van der Waals surface area contributed by atoms with Gasteiger partial charge < -0.3 is 10.1 Å². The molecule has 1 heterocycles. The van der Waals surface area contributed by atoms with E-state index < -0.39 is 0 Å². The van der Waals surface area contributed by atoms with Crippen molar-refractivity contribution in [1.82, 2.24) is 10.3 Å². The smallest absolute Gasteiger partial charge is 0.251 e. The third-order valence-corrected chi connectivity index (χ3v) is 3.78. The van der Waals surface area contributed by atoms with Crippen molar-refractivity contribution in [2.24, 2.45) is 0 Å². The van der Waals surface area contributed by atoms with E-state index in [2.05, 4.69) is 10.3 Å². The van der Waals surface area contributed by atoms with Gasteiger partial charge in [0.25, 0.3) is 5.91 Å². The van der Waals surface area contributed by atoms with Gasteiger partial charge in [0.1, 0.15) is 11.3 Å². The molecule has 0 aliphatic rings. The first-order valence-electron chi connectivity index (χ1n) is 7.74. The van der Waals surface area contributed by atoms with Crippen LogP contribution in [0.3, 0.4) is 0 Å². The normalized spacial score (nSPS) is 10.5. The third-order valence-electron chi connectivity index (χ3n) is 3.55. The van der Waals surface area contributed by atoms with Crippen LogP contribution < -0.4 is 10.1 Å². The molecule has 24 heavy (non-hydrogen) atoms. The summed E-state index contributed by atoms with van der Waals surface area (Å²) in [5, 5.41) is 4.45. The average molecular weight is 341 g/mol. The molecule has 3 rings (SSSR count). The highest BCUT2D eigenvalue weighted by atomic mass is 35.5. The Hall–Kier alpha value is -2.59. The van der Waals surface area contributed by atoms with Crippen molar-refractivity contribution in [3.05, 3.63) is 71.4 Å². The molecule has 0 aliphatic heterocycles. The highest BCUT2D eigenvalue weighted by Crippen LogP contribution is 2.22. The van der Waals surface area contributed by atoms with E-state index in [4.69, 9.17) is 16.3 Å². The standard InChI is InChI=1S/C19H17ClN2O2/c20-16-8-1-6-15(13-16)19(23)22-11-4-12-24-17-9-2-5-14-7-3-10-21-18(14)17/h1-3,5-10,13H,4,11-12H2,(H,22,23). The Morgan fingerprint density at radius 1 is 1.12 bits per heavy atom. The highest BCUT2D eigenvalue weighted by molar-refractivity contribution is 6.30. The van der Waals surface area contributed by atoms with Crippen molar-refractivity contribution in [2.45, 2.75) is 6.42 Å². The molecule has 5 heteroatoms. The van der Waals surface area contributed by atoms with E-state index in [0.717, 1.165) is 16.7 Å². The summed E-state index contributed by atoms with van der Waals surface area (Å²) >= 11 is 5.88. The summed E-state index contributed by atoms with van der Waals surface area (Å²) in [4.78, 5) is 16.3. The average Bonchev–Trinajstić information content (AvgIpc) is 2.61. The maximum atomic E-state index is 12.0. The first-order chi connectivity index (χ1) is 11.7. The quantitative estimate of drug-likeness (QED) is 0.688. The van der Waals surface area contributed by atoms with Gasteiger partial charge in [-0.25, -0.2) is 0 Å². The Morgan fingerprint density at radius 3 is 2.83 bits per heavy atom. The lowest BCUT2D eigenvalue weighted by Gasteiger charge is -2.09. The second kappa shape index (κ2) is 7.79. The van der Waals surface area contributed by atoms with Gasteiger partial charge in [0, 0.05) is 28.7 Å². The summed E-state index contributed by atoms with van der Waals surface area (Å²) in [6.07, 6.45) is 2.45. The van der Waals surface area contributed by atoms with Crippen LogP contribution in [-0.4, -0.2) is 24.0 Å². The second-order valence-corrected chi connectivity index (χ2v) is 5.74. The molecule has 0 aliphatic carbocycles. The fraction of sp³-hybridized carbons (Fsp3) is 0.158. The maximum absolute atomic E-state index is 12.0. The van der Waals surface area contributed by atoms with E-state index in [-0.39, 0.29) is 5.91 Å². The number of fused-ring (bicyclic) bond motifs is 1. The summed E-state index contributed by atoms with van der Waals surface area (Å²) in [6.45, 7) is 1.04. The number of carbonyl (C=O) groups is 1. The summed E-state index contributed by atoms with van der Waals surface area (Å²) in [5.74, 6) is 0.624. The molecule has 1 N–H and O–H groups in total. The first kappa shape index (κ1) is 16.3. The molecule has 0 bridgehead atoms. The number of para-hydroxylation sites is 1. The number of nitrogens with one attached hydrogen (secondary N) is 1. The molecule has 0 fully saturated rings. The number of rotatable bonds is 6. The number of halogens is 1. The number of amides is 1. The van der Waals surface area contributed by atoms with E-state index in [1.807, 2.05) is 30.3 Å². The van der Waals surface area contributed by atoms with Crippen LogP contribution in [0.4, 0.5) is 0 Å². The van der Waals surface area contributed by atoms with E-state index in [1.54, 1.807) is 30.5 Å². The summed E-state index contributed by atoms with van der Waals surface area (Å²) in [6, 6.07) is 16.6. The molecule has 0 radical (unpaired) electrons. The van der Waals surface area contributed by atoms with Crippen LogP contribution in [0.1, 0.15) is 16.8 Å². The van der Waals surface area contributed by atoms with Crippen LogP contribution in [0.5, 0.6) is 5.75 Å². The number of ether oxygens (including phenoxy) is 1. The van der Waals surface area contributed by atoms with Gasteiger partial charge in [0.05, 0.1) is 6.61 Å². The topological polar surface area (TPSA) is 51.2 Å². The Kier molecular flexibility index (Phi) is 5.29. The van der Waals surface area contributed by atoms with Crippen LogP contribution in [-0.2, 0) is 0 Å². The molecular formula is C19H17ClN2O2. The Morgan fingerprint density at radius 2 is 1.96 bits per heavy atom. The van der Waals surface area contributed by atoms with E-state index >= 15 is 0 Å². The maximum Gasteiger partial charge on any atom is 0.251 e. The molecule has 0 unspecified atom stereocenters. The number of aromatic nitrogens is 1. The Balaban J connectivity index is 1.48. The van der Waals surface area contributed by atoms with E-state index in [1.165, 1.54) is 0 Å². The molecular weight excluding hydrogens is 324 g/mol. The van der Waals surface area contributed by atoms with Gasteiger partial charge in [-0.15, -0.1) is 0 Å². The van der Waals surface area contributed by atoms with Crippen molar-refractivity contribution in [1.29, 1.82) is 0 Å². The molecule has 0 atom stereocenters. The molecule has 1 amide bonds. The Bertz CT molecular complexity index is 846. The molecule has 1 aromatic heterocycles. The molecule has 0 saturated carbocycles. The third kappa shape index (κ3) is 4.03. The lowest BCUT2D eigenvalue weighted by atomic mass is 10.2. The molecule has 3 aromatic rings. The van der Waals surface area contributed by atoms with Gasteiger partial charge in [-0.05, 0) is 36.8 Å². The summed E-state index contributed by atoms with van der Waals surface area (Å²) in [7, 11) is 0. The number of pyridine rings is 1. The van der Waals surface area contributed by atoms with Gasteiger partial charge in [0.2, 0.25) is 0 Å². The van der Waals surface area contributed by atoms with Gasteiger partial charge in [-0.2, -0.15) is 0 Å². The minimum absolute atomic E-state index is 0.135. The number of hydrogen-bond acceptors (Lipinski definition) is 3. The fourth-order valence-electron chi connectivity index (χ4n) is 2.38. The second-order valence-electron chi connectivity index (χ2n) is 5.30. The zero-order chi connectivity index (χ0) is 16.8. The van der Waals surface area contributed by atoms with Gasteiger partial charge in [-0.1, -0.05) is 35.9 Å². The summed E-state index contributed by atoms with van der Waals surface area (Å²) in [5.41, 5.74) is 1.41.